The molecular formula is C14H27N5. The van der Waals surface area contributed by atoms with Crippen molar-refractivity contribution in [3.63, 3.8) is 0 Å². The molecule has 5 heteroatoms. The van der Waals surface area contributed by atoms with Gasteiger partial charge in [0.15, 0.2) is 0 Å². The van der Waals surface area contributed by atoms with Crippen LogP contribution in [0.2, 0.25) is 0 Å². The SMILES string of the molecule is CCc1cc(CN(CCC(=N)N)CC(C)C)n(C)n1. The van der Waals surface area contributed by atoms with Gasteiger partial charge in [-0.1, -0.05) is 20.8 Å². The van der Waals surface area contributed by atoms with Crippen molar-refractivity contribution in [1.29, 1.82) is 5.41 Å². The van der Waals surface area contributed by atoms with Crippen LogP contribution in [0.1, 0.15) is 38.6 Å². The van der Waals surface area contributed by atoms with Crippen LogP contribution in [0.25, 0.3) is 0 Å². The first-order valence-electron chi connectivity index (χ1n) is 6.99. The fourth-order valence-electron chi connectivity index (χ4n) is 2.15. The number of hydrogen-bond acceptors (Lipinski definition) is 3. The highest BCUT2D eigenvalue weighted by Crippen LogP contribution is 2.10. The molecule has 0 aliphatic carbocycles. The van der Waals surface area contributed by atoms with Gasteiger partial charge in [-0.3, -0.25) is 15.0 Å². The molecule has 1 rings (SSSR count). The second-order valence-electron chi connectivity index (χ2n) is 5.51. The van der Waals surface area contributed by atoms with Crippen LogP contribution < -0.4 is 5.73 Å². The van der Waals surface area contributed by atoms with Gasteiger partial charge < -0.3 is 5.73 Å². The van der Waals surface area contributed by atoms with E-state index in [1.165, 1.54) is 5.69 Å². The predicted octanol–water partition coefficient (Wildman–Crippen LogP) is 1.77. The minimum absolute atomic E-state index is 0.257. The highest BCUT2D eigenvalue weighted by molar-refractivity contribution is 5.76. The van der Waals surface area contributed by atoms with Gasteiger partial charge in [0.25, 0.3) is 0 Å². The zero-order chi connectivity index (χ0) is 14.4. The average Bonchev–Trinajstić information content (AvgIpc) is 2.66. The van der Waals surface area contributed by atoms with Gasteiger partial charge in [-0.25, -0.2) is 0 Å². The van der Waals surface area contributed by atoms with E-state index in [0.717, 1.165) is 31.7 Å². The molecule has 0 saturated heterocycles. The molecule has 0 fully saturated rings. The molecule has 5 nitrogen and oxygen atoms in total. The van der Waals surface area contributed by atoms with Crippen LogP contribution in [-0.4, -0.2) is 33.6 Å². The van der Waals surface area contributed by atoms with Gasteiger partial charge in [0, 0.05) is 33.1 Å². The first-order chi connectivity index (χ1) is 8.92. The first kappa shape index (κ1) is 15.7. The van der Waals surface area contributed by atoms with Crippen LogP contribution in [0.5, 0.6) is 0 Å². The molecule has 0 unspecified atom stereocenters. The monoisotopic (exact) mass is 265 g/mol. The van der Waals surface area contributed by atoms with E-state index in [0.29, 0.717) is 12.3 Å². The molecule has 3 N–H and O–H groups in total. The second kappa shape index (κ2) is 7.28. The number of nitrogens with two attached hydrogens (primary N) is 1. The molecule has 19 heavy (non-hydrogen) atoms. The van der Waals surface area contributed by atoms with Crippen molar-refractivity contribution in [2.75, 3.05) is 13.1 Å². The van der Waals surface area contributed by atoms with Gasteiger partial charge in [-0.05, 0) is 18.4 Å². The molecule has 0 radical (unpaired) electrons. The number of nitrogens with one attached hydrogen (secondary N) is 1. The summed E-state index contributed by atoms with van der Waals surface area (Å²) in [5.41, 5.74) is 7.82. The second-order valence-corrected chi connectivity index (χ2v) is 5.51. The topological polar surface area (TPSA) is 70.9 Å². The fraction of sp³-hybridized carbons (Fsp3) is 0.714. The highest BCUT2D eigenvalue weighted by atomic mass is 15.3. The lowest BCUT2D eigenvalue weighted by Crippen LogP contribution is -2.31. The maximum Gasteiger partial charge on any atom is 0.0918 e. The van der Waals surface area contributed by atoms with Gasteiger partial charge in [0.05, 0.1) is 17.2 Å². The zero-order valence-electron chi connectivity index (χ0n) is 12.6. The molecule has 0 bridgehead atoms. The van der Waals surface area contributed by atoms with Crippen molar-refractivity contribution in [1.82, 2.24) is 14.7 Å². The van der Waals surface area contributed by atoms with Crippen molar-refractivity contribution < 1.29 is 0 Å². The van der Waals surface area contributed by atoms with Crippen LogP contribution in [0.3, 0.4) is 0 Å². The van der Waals surface area contributed by atoms with E-state index in [2.05, 4.69) is 36.8 Å². The number of aromatic nitrogens is 2. The quantitative estimate of drug-likeness (QED) is 0.556. The molecular weight excluding hydrogens is 238 g/mol. The molecule has 0 saturated carbocycles. The summed E-state index contributed by atoms with van der Waals surface area (Å²) in [6, 6.07) is 2.17. The van der Waals surface area contributed by atoms with Crippen molar-refractivity contribution in [2.45, 2.75) is 40.2 Å². The van der Waals surface area contributed by atoms with Gasteiger partial charge in [0.1, 0.15) is 0 Å². The largest absolute Gasteiger partial charge is 0.388 e. The maximum atomic E-state index is 7.36. The third-order valence-corrected chi connectivity index (χ3v) is 3.10. The van der Waals surface area contributed by atoms with Crippen LogP contribution in [0, 0.1) is 11.3 Å². The Labute approximate surface area is 116 Å². The van der Waals surface area contributed by atoms with E-state index >= 15 is 0 Å². The molecule has 108 valence electrons. The van der Waals surface area contributed by atoms with Crippen molar-refractivity contribution in [3.8, 4) is 0 Å². The van der Waals surface area contributed by atoms with Gasteiger partial charge >= 0.3 is 0 Å². The average molecular weight is 265 g/mol. The van der Waals surface area contributed by atoms with E-state index < -0.39 is 0 Å². The Hall–Kier alpha value is -1.36. The minimum atomic E-state index is 0.257. The highest BCUT2D eigenvalue weighted by Gasteiger charge is 2.12. The smallest absolute Gasteiger partial charge is 0.0918 e. The van der Waals surface area contributed by atoms with Crippen molar-refractivity contribution >= 4 is 5.84 Å². The third-order valence-electron chi connectivity index (χ3n) is 3.10. The third kappa shape index (κ3) is 5.42. The Morgan fingerprint density at radius 1 is 1.53 bits per heavy atom. The summed E-state index contributed by atoms with van der Waals surface area (Å²) in [6.45, 7) is 9.26. The summed E-state index contributed by atoms with van der Waals surface area (Å²) < 4.78 is 1.96. The minimum Gasteiger partial charge on any atom is -0.388 e. The number of hydrogen-bond donors (Lipinski definition) is 2. The standard InChI is InChI=1S/C14H27N5/c1-5-12-8-13(18(4)17-12)10-19(9-11(2)3)7-6-14(15)16/h8,11H,5-7,9-10H2,1-4H3,(H3,15,16). The lowest BCUT2D eigenvalue weighted by molar-refractivity contribution is 0.236. The normalized spacial score (nSPS) is 11.5. The summed E-state index contributed by atoms with van der Waals surface area (Å²) in [5, 5.41) is 11.8. The summed E-state index contributed by atoms with van der Waals surface area (Å²) >= 11 is 0. The van der Waals surface area contributed by atoms with Gasteiger partial charge in [-0.15, -0.1) is 0 Å². The molecule has 0 amide bonds. The maximum absolute atomic E-state index is 7.36. The number of aryl methyl sites for hydroxylation is 2. The zero-order valence-corrected chi connectivity index (χ0v) is 12.6. The van der Waals surface area contributed by atoms with Gasteiger partial charge in [0.2, 0.25) is 0 Å². The van der Waals surface area contributed by atoms with Crippen molar-refractivity contribution in [3.05, 3.63) is 17.5 Å². The molecule has 0 atom stereocenters. The lowest BCUT2D eigenvalue weighted by atomic mass is 10.2. The van der Waals surface area contributed by atoms with E-state index in [1.54, 1.807) is 0 Å². The van der Waals surface area contributed by atoms with E-state index in [4.69, 9.17) is 11.1 Å². The number of amidine groups is 1. The van der Waals surface area contributed by atoms with E-state index in [-0.39, 0.29) is 5.84 Å². The molecule has 1 aromatic rings. The van der Waals surface area contributed by atoms with Gasteiger partial charge in [-0.2, -0.15) is 5.10 Å². The summed E-state index contributed by atoms with van der Waals surface area (Å²) in [5.74, 6) is 0.860. The van der Waals surface area contributed by atoms with E-state index in [9.17, 15) is 0 Å². The fourth-order valence-corrected chi connectivity index (χ4v) is 2.15. The molecule has 1 heterocycles. The van der Waals surface area contributed by atoms with Crippen LogP contribution in [0.15, 0.2) is 6.07 Å². The number of rotatable bonds is 8. The van der Waals surface area contributed by atoms with Crippen LogP contribution >= 0.6 is 0 Å². The van der Waals surface area contributed by atoms with E-state index in [1.807, 2.05) is 11.7 Å². The predicted molar refractivity (Wildman–Crippen MR) is 79.2 cm³/mol. The van der Waals surface area contributed by atoms with Crippen LogP contribution in [0.4, 0.5) is 0 Å². The molecule has 0 spiro atoms. The lowest BCUT2D eigenvalue weighted by Gasteiger charge is -2.24. The van der Waals surface area contributed by atoms with Crippen molar-refractivity contribution in [2.24, 2.45) is 18.7 Å². The Morgan fingerprint density at radius 2 is 2.21 bits per heavy atom. The summed E-state index contributed by atoms with van der Waals surface area (Å²) in [4.78, 5) is 2.35. The molecule has 0 aliphatic heterocycles. The number of nitrogens with zero attached hydrogens (tertiary/aromatic N) is 3. The molecule has 0 aliphatic rings. The Balaban J connectivity index is 2.68. The molecule has 0 aromatic carbocycles. The summed E-state index contributed by atoms with van der Waals surface area (Å²) in [6.07, 6.45) is 1.59. The first-order valence-corrected chi connectivity index (χ1v) is 6.99. The Kier molecular flexibility index (Phi) is 6.02. The van der Waals surface area contributed by atoms with Crippen LogP contribution in [-0.2, 0) is 20.0 Å². The Morgan fingerprint density at radius 3 is 2.68 bits per heavy atom. The summed E-state index contributed by atoms with van der Waals surface area (Å²) in [7, 11) is 1.99. The molecule has 1 aromatic heterocycles. The Bertz CT molecular complexity index is 408.